The van der Waals surface area contributed by atoms with Crippen LogP contribution in [0.1, 0.15) is 412 Å². The molecular weight excluding hydrogens is 1030 g/mol. The lowest BCUT2D eigenvalue weighted by molar-refractivity contribution is -0.161. The molecular formula is C79H146O5. The van der Waals surface area contributed by atoms with Crippen LogP contribution in [-0.4, -0.2) is 36.4 Å². The van der Waals surface area contributed by atoms with Crippen LogP contribution in [0.3, 0.4) is 0 Å². The van der Waals surface area contributed by atoms with Crippen LogP contribution < -0.4 is 0 Å². The molecule has 0 heterocycles. The van der Waals surface area contributed by atoms with E-state index in [-0.39, 0.29) is 25.2 Å². The Hall–Kier alpha value is -2.40. The standard InChI is InChI=1S/C79H146O5/c1-3-5-7-9-11-13-15-17-19-21-23-25-27-29-31-33-35-36-37-38-39-40-41-42-44-46-48-50-52-54-56-58-60-62-64-66-68-70-72-74-79(82)84-77(75-80)76-83-78(81)73-71-69-67-65-63-61-59-57-55-53-51-49-47-45-43-34-32-30-28-26-24-22-20-18-16-14-12-10-8-6-4-2/h15-18,21-24,27,29,77,80H,3-14,19-20,25-26,28,30-76H2,1-2H3/b17-15-,18-16-,23-21-,24-22-,29-27-. The monoisotopic (exact) mass is 1180 g/mol. The summed E-state index contributed by atoms with van der Waals surface area (Å²) in [4.78, 5) is 24.7. The van der Waals surface area contributed by atoms with Gasteiger partial charge in [0.25, 0.3) is 0 Å². The number of aliphatic hydroxyl groups is 1. The molecule has 0 aliphatic heterocycles. The third-order valence-corrected chi connectivity index (χ3v) is 17.3. The van der Waals surface area contributed by atoms with Gasteiger partial charge in [0.2, 0.25) is 0 Å². The van der Waals surface area contributed by atoms with E-state index in [1.54, 1.807) is 0 Å². The maximum atomic E-state index is 12.4. The highest BCUT2D eigenvalue weighted by molar-refractivity contribution is 5.70. The summed E-state index contributed by atoms with van der Waals surface area (Å²) in [7, 11) is 0. The van der Waals surface area contributed by atoms with Crippen LogP contribution in [0.5, 0.6) is 0 Å². The predicted molar refractivity (Wildman–Crippen MR) is 371 cm³/mol. The molecule has 5 nitrogen and oxygen atoms in total. The lowest BCUT2D eigenvalue weighted by Gasteiger charge is -2.15. The van der Waals surface area contributed by atoms with Gasteiger partial charge in [0.05, 0.1) is 6.61 Å². The largest absolute Gasteiger partial charge is 0.462 e. The number of carbonyl (C=O) groups is 2. The lowest BCUT2D eigenvalue weighted by atomic mass is 10.0. The molecule has 1 atom stereocenters. The SMILES string of the molecule is CCCCCCC/C=C\C/C=C\C/C=C\CCCCCCCCCCCCCCCCCCCCCCCCCCC(=O)OC(CO)COC(=O)CCCCCCCCCCCCCCCCCCCCC/C=C\C/C=C\CCCCCCC. The van der Waals surface area contributed by atoms with Crippen LogP contribution in [0.25, 0.3) is 0 Å². The molecule has 84 heavy (non-hydrogen) atoms. The molecule has 0 aromatic carbocycles. The Morgan fingerprint density at radius 3 is 0.714 bits per heavy atom. The van der Waals surface area contributed by atoms with Crippen molar-refractivity contribution in [3.05, 3.63) is 60.8 Å². The van der Waals surface area contributed by atoms with Crippen LogP contribution >= 0.6 is 0 Å². The van der Waals surface area contributed by atoms with Crippen LogP contribution in [0.4, 0.5) is 0 Å². The zero-order valence-corrected chi connectivity index (χ0v) is 56.7. The van der Waals surface area contributed by atoms with Crippen molar-refractivity contribution in [1.82, 2.24) is 0 Å². The zero-order chi connectivity index (χ0) is 60.5. The molecule has 492 valence electrons. The fourth-order valence-electron chi connectivity index (χ4n) is 11.6. The van der Waals surface area contributed by atoms with Crippen molar-refractivity contribution in [2.24, 2.45) is 0 Å². The molecule has 0 saturated heterocycles. The van der Waals surface area contributed by atoms with Gasteiger partial charge in [0.1, 0.15) is 6.61 Å². The van der Waals surface area contributed by atoms with Gasteiger partial charge in [-0.1, -0.05) is 376 Å². The Morgan fingerprint density at radius 1 is 0.274 bits per heavy atom. The van der Waals surface area contributed by atoms with Gasteiger partial charge in [-0.15, -0.1) is 0 Å². The van der Waals surface area contributed by atoms with E-state index in [0.29, 0.717) is 12.8 Å². The number of hydrogen-bond donors (Lipinski definition) is 1. The number of hydrogen-bond acceptors (Lipinski definition) is 5. The Labute approximate surface area is 525 Å². The number of allylic oxidation sites excluding steroid dienone is 10. The fourth-order valence-corrected chi connectivity index (χ4v) is 11.6. The second-order valence-corrected chi connectivity index (χ2v) is 25.7. The lowest BCUT2D eigenvalue weighted by Crippen LogP contribution is -2.28. The maximum Gasteiger partial charge on any atom is 0.306 e. The summed E-state index contributed by atoms with van der Waals surface area (Å²) in [6.45, 7) is 4.18. The first-order valence-corrected chi connectivity index (χ1v) is 37.8. The quantitative estimate of drug-likeness (QED) is 0.0373. The highest BCUT2D eigenvalue weighted by Crippen LogP contribution is 2.19. The molecule has 1 N–H and O–H groups in total. The van der Waals surface area contributed by atoms with Gasteiger partial charge in [0, 0.05) is 12.8 Å². The average Bonchev–Trinajstić information content (AvgIpc) is 3.51. The number of aliphatic hydroxyl groups excluding tert-OH is 1. The Morgan fingerprint density at radius 2 is 0.476 bits per heavy atom. The summed E-state index contributed by atoms with van der Waals surface area (Å²) in [5.74, 6) is -0.567. The third kappa shape index (κ3) is 72.1. The third-order valence-electron chi connectivity index (χ3n) is 17.3. The number of unbranched alkanes of at least 4 members (excludes halogenated alkanes) is 53. The van der Waals surface area contributed by atoms with Crippen molar-refractivity contribution < 1.29 is 24.2 Å². The predicted octanol–water partition coefficient (Wildman–Crippen LogP) is 26.4. The smallest absolute Gasteiger partial charge is 0.306 e. The van der Waals surface area contributed by atoms with Gasteiger partial charge < -0.3 is 14.6 Å². The summed E-state index contributed by atoms with van der Waals surface area (Å²) in [5, 5.41) is 9.72. The van der Waals surface area contributed by atoms with Crippen molar-refractivity contribution in [3.8, 4) is 0 Å². The molecule has 0 aliphatic rings. The van der Waals surface area contributed by atoms with Gasteiger partial charge in [-0.3, -0.25) is 9.59 Å². The van der Waals surface area contributed by atoms with E-state index in [4.69, 9.17) is 9.47 Å². The van der Waals surface area contributed by atoms with Crippen molar-refractivity contribution in [3.63, 3.8) is 0 Å². The number of esters is 2. The molecule has 0 rings (SSSR count). The Kier molecular flexibility index (Phi) is 72.7. The summed E-state index contributed by atoms with van der Waals surface area (Å²) >= 11 is 0. The van der Waals surface area contributed by atoms with E-state index < -0.39 is 6.10 Å². The fraction of sp³-hybridized carbons (Fsp3) is 0.848. The highest BCUT2D eigenvalue weighted by atomic mass is 16.6. The molecule has 0 aliphatic carbocycles. The molecule has 5 heteroatoms. The molecule has 1 unspecified atom stereocenters. The maximum absolute atomic E-state index is 12.4. The van der Waals surface area contributed by atoms with Gasteiger partial charge in [-0.25, -0.2) is 0 Å². The number of carbonyl (C=O) groups excluding carboxylic acids is 2. The average molecular weight is 1180 g/mol. The molecule has 0 fully saturated rings. The van der Waals surface area contributed by atoms with Gasteiger partial charge in [0.15, 0.2) is 6.10 Å². The number of ether oxygens (including phenoxy) is 2. The van der Waals surface area contributed by atoms with Crippen molar-refractivity contribution in [2.45, 2.75) is 418 Å². The van der Waals surface area contributed by atoms with E-state index in [9.17, 15) is 14.7 Å². The van der Waals surface area contributed by atoms with Crippen LogP contribution in [0.2, 0.25) is 0 Å². The molecule has 0 saturated carbocycles. The first-order valence-electron chi connectivity index (χ1n) is 37.8. The van der Waals surface area contributed by atoms with Gasteiger partial charge in [-0.05, 0) is 83.5 Å². The second kappa shape index (κ2) is 74.9. The Balaban J connectivity index is 3.38. The number of rotatable bonds is 71. The molecule has 0 radical (unpaired) electrons. The highest BCUT2D eigenvalue weighted by Gasteiger charge is 2.16. The minimum absolute atomic E-state index is 0.0605. The van der Waals surface area contributed by atoms with Crippen LogP contribution in [0.15, 0.2) is 60.8 Å². The molecule has 0 spiro atoms. The summed E-state index contributed by atoms with van der Waals surface area (Å²) in [5.41, 5.74) is 0. The van der Waals surface area contributed by atoms with Crippen LogP contribution in [0, 0.1) is 0 Å². The van der Waals surface area contributed by atoms with Gasteiger partial charge in [-0.2, -0.15) is 0 Å². The Bertz CT molecular complexity index is 1430. The van der Waals surface area contributed by atoms with E-state index in [0.717, 1.165) is 57.8 Å². The second-order valence-electron chi connectivity index (χ2n) is 25.7. The van der Waals surface area contributed by atoms with Crippen molar-refractivity contribution in [2.75, 3.05) is 13.2 Å². The van der Waals surface area contributed by atoms with E-state index in [2.05, 4.69) is 74.6 Å². The zero-order valence-electron chi connectivity index (χ0n) is 56.7. The first kappa shape index (κ1) is 81.6. The van der Waals surface area contributed by atoms with E-state index in [1.807, 2.05) is 0 Å². The van der Waals surface area contributed by atoms with Gasteiger partial charge >= 0.3 is 11.9 Å². The normalized spacial score (nSPS) is 12.5. The summed E-state index contributed by atoms with van der Waals surface area (Å²) in [6, 6.07) is 0. The molecule has 0 bridgehead atoms. The minimum atomic E-state index is -0.772. The minimum Gasteiger partial charge on any atom is -0.462 e. The van der Waals surface area contributed by atoms with Crippen molar-refractivity contribution in [1.29, 1.82) is 0 Å². The molecule has 0 aromatic heterocycles. The van der Waals surface area contributed by atoms with Crippen LogP contribution in [-0.2, 0) is 19.1 Å². The van der Waals surface area contributed by atoms with Crippen molar-refractivity contribution >= 4 is 11.9 Å². The van der Waals surface area contributed by atoms with E-state index >= 15 is 0 Å². The first-order chi connectivity index (χ1) is 41.6. The molecule has 0 aromatic rings. The summed E-state index contributed by atoms with van der Waals surface area (Å²) in [6.07, 6.45) is 103. The van der Waals surface area contributed by atoms with E-state index in [1.165, 1.54) is 327 Å². The summed E-state index contributed by atoms with van der Waals surface area (Å²) < 4.78 is 10.8. The molecule has 0 amide bonds. The topological polar surface area (TPSA) is 72.8 Å².